The van der Waals surface area contributed by atoms with Crippen LogP contribution in [0.25, 0.3) is 11.1 Å². The first kappa shape index (κ1) is 24.0. The minimum atomic E-state index is -1.10. The average molecular weight is 473 g/mol. The third-order valence-corrected chi connectivity index (χ3v) is 6.15. The van der Waals surface area contributed by atoms with E-state index in [1.807, 2.05) is 31.2 Å². The fourth-order valence-electron chi connectivity index (χ4n) is 4.44. The van der Waals surface area contributed by atoms with Gasteiger partial charge in [0.1, 0.15) is 6.61 Å². The molecule has 0 radical (unpaired) electrons. The summed E-state index contributed by atoms with van der Waals surface area (Å²) in [5, 5.41) is 14.7. The van der Waals surface area contributed by atoms with Gasteiger partial charge in [0.15, 0.2) is 0 Å². The van der Waals surface area contributed by atoms with Crippen molar-refractivity contribution in [3.63, 3.8) is 0 Å². The minimum absolute atomic E-state index is 0.0192. The highest BCUT2D eigenvalue weighted by atomic mass is 16.5. The number of benzene rings is 3. The van der Waals surface area contributed by atoms with Gasteiger partial charge in [0.25, 0.3) is 0 Å². The summed E-state index contributed by atoms with van der Waals surface area (Å²) in [5.74, 6) is -1.62. The van der Waals surface area contributed by atoms with E-state index in [0.717, 1.165) is 27.8 Å². The van der Waals surface area contributed by atoms with Crippen LogP contribution in [0.4, 0.5) is 10.5 Å². The maximum absolute atomic E-state index is 12.4. The van der Waals surface area contributed by atoms with Crippen LogP contribution in [-0.4, -0.2) is 36.2 Å². The van der Waals surface area contributed by atoms with Gasteiger partial charge < -0.3 is 20.5 Å². The number of hydrogen-bond donors (Lipinski definition) is 3. The van der Waals surface area contributed by atoms with E-state index in [9.17, 15) is 19.5 Å². The quantitative estimate of drug-likeness (QED) is 0.418. The number of rotatable bonds is 8. The van der Waals surface area contributed by atoms with E-state index >= 15 is 0 Å². The summed E-state index contributed by atoms with van der Waals surface area (Å²) < 4.78 is 5.53. The first-order valence-corrected chi connectivity index (χ1v) is 11.6. The van der Waals surface area contributed by atoms with E-state index in [1.165, 1.54) is 6.07 Å². The molecule has 1 atom stereocenters. The maximum Gasteiger partial charge on any atom is 0.407 e. The van der Waals surface area contributed by atoms with Crippen LogP contribution in [0.2, 0.25) is 0 Å². The molecule has 0 saturated heterocycles. The van der Waals surface area contributed by atoms with Crippen LogP contribution in [0.3, 0.4) is 0 Å². The van der Waals surface area contributed by atoms with Crippen LogP contribution in [0.5, 0.6) is 0 Å². The van der Waals surface area contributed by atoms with Gasteiger partial charge in [-0.1, -0.05) is 67.1 Å². The molecule has 1 unspecified atom stereocenters. The Morgan fingerprint density at radius 1 is 0.971 bits per heavy atom. The second-order valence-corrected chi connectivity index (χ2v) is 8.92. The number of nitrogens with one attached hydrogen (secondary N) is 2. The number of aryl methyl sites for hydroxylation is 1. The topological polar surface area (TPSA) is 105 Å². The number of fused-ring (bicyclic) bond motifs is 3. The highest BCUT2D eigenvalue weighted by molar-refractivity contribution is 6.00. The number of carboxylic acids is 1. The summed E-state index contributed by atoms with van der Waals surface area (Å²) in [7, 11) is 0. The van der Waals surface area contributed by atoms with Crippen molar-refractivity contribution in [3.05, 3.63) is 89.0 Å². The maximum atomic E-state index is 12.4. The predicted molar refractivity (Wildman–Crippen MR) is 134 cm³/mol. The van der Waals surface area contributed by atoms with Gasteiger partial charge in [0, 0.05) is 18.9 Å². The number of alkyl carbamates (subject to hydrolysis) is 1. The molecular formula is C28H28N2O5. The first-order chi connectivity index (χ1) is 16.8. The van der Waals surface area contributed by atoms with Crippen LogP contribution >= 0.6 is 0 Å². The molecule has 0 saturated carbocycles. The SMILES string of the molecule is Cc1ccc(NC(=O)CC(C)CNC(=O)OCC2c3ccccc3-c3ccccc32)c(C(=O)O)c1. The fourth-order valence-corrected chi connectivity index (χ4v) is 4.44. The van der Waals surface area contributed by atoms with Gasteiger partial charge in [-0.15, -0.1) is 0 Å². The van der Waals surface area contributed by atoms with Gasteiger partial charge in [-0.05, 0) is 47.2 Å². The molecule has 35 heavy (non-hydrogen) atoms. The van der Waals surface area contributed by atoms with Crippen LogP contribution in [-0.2, 0) is 9.53 Å². The number of amides is 2. The molecule has 3 N–H and O–H groups in total. The van der Waals surface area contributed by atoms with Crippen LogP contribution in [0, 0.1) is 12.8 Å². The average Bonchev–Trinajstić information content (AvgIpc) is 3.16. The number of aromatic carboxylic acids is 1. The Bertz CT molecular complexity index is 1220. The van der Waals surface area contributed by atoms with Crippen molar-refractivity contribution in [1.82, 2.24) is 5.32 Å². The molecular weight excluding hydrogens is 444 g/mol. The van der Waals surface area contributed by atoms with E-state index < -0.39 is 12.1 Å². The van der Waals surface area contributed by atoms with Gasteiger partial charge in [-0.3, -0.25) is 4.79 Å². The van der Waals surface area contributed by atoms with Crippen molar-refractivity contribution in [2.45, 2.75) is 26.2 Å². The summed E-state index contributed by atoms with van der Waals surface area (Å²) in [5.41, 5.74) is 5.70. The zero-order chi connectivity index (χ0) is 24.9. The summed E-state index contributed by atoms with van der Waals surface area (Å²) in [6.07, 6.45) is -0.415. The molecule has 7 heteroatoms. The second-order valence-electron chi connectivity index (χ2n) is 8.92. The lowest BCUT2D eigenvalue weighted by Gasteiger charge is -2.16. The molecule has 4 rings (SSSR count). The smallest absolute Gasteiger partial charge is 0.407 e. The van der Waals surface area contributed by atoms with Crippen LogP contribution in [0.1, 0.15) is 46.3 Å². The van der Waals surface area contributed by atoms with E-state index in [2.05, 4.69) is 34.9 Å². The number of carbonyl (C=O) groups is 3. The Kier molecular flexibility index (Phi) is 7.15. The number of ether oxygens (including phenoxy) is 1. The lowest BCUT2D eigenvalue weighted by atomic mass is 9.98. The molecule has 0 aromatic heterocycles. The molecule has 0 heterocycles. The van der Waals surface area contributed by atoms with Gasteiger partial charge in [0.2, 0.25) is 5.91 Å². The Balaban J connectivity index is 1.27. The predicted octanol–water partition coefficient (Wildman–Crippen LogP) is 5.20. The van der Waals surface area contributed by atoms with Crippen LogP contribution in [0.15, 0.2) is 66.7 Å². The Morgan fingerprint density at radius 2 is 1.60 bits per heavy atom. The summed E-state index contributed by atoms with van der Waals surface area (Å²) in [4.78, 5) is 36.2. The number of carboxylic acid groups (broad SMARTS) is 1. The number of carbonyl (C=O) groups excluding carboxylic acids is 2. The van der Waals surface area contributed by atoms with Crippen molar-refractivity contribution in [1.29, 1.82) is 0 Å². The standard InChI is InChI=1S/C28H28N2O5/c1-17-11-12-25(23(13-17)27(32)33)30-26(31)14-18(2)15-29-28(34)35-16-24-21-9-5-3-7-19(21)20-8-4-6-10-22(20)24/h3-13,18,24H,14-16H2,1-2H3,(H,29,34)(H,30,31)(H,32,33). The van der Waals surface area contributed by atoms with Crippen LogP contribution < -0.4 is 10.6 Å². The lowest BCUT2D eigenvalue weighted by molar-refractivity contribution is -0.116. The summed E-state index contributed by atoms with van der Waals surface area (Å²) in [6.45, 7) is 4.09. The zero-order valence-electron chi connectivity index (χ0n) is 19.7. The van der Waals surface area contributed by atoms with Crippen molar-refractivity contribution in [2.75, 3.05) is 18.5 Å². The van der Waals surface area contributed by atoms with Crippen molar-refractivity contribution >= 4 is 23.7 Å². The molecule has 0 spiro atoms. The summed E-state index contributed by atoms with van der Waals surface area (Å²) in [6, 6.07) is 21.1. The number of anilines is 1. The second kappa shape index (κ2) is 10.4. The van der Waals surface area contributed by atoms with Gasteiger partial charge in [0.05, 0.1) is 11.3 Å². The molecule has 0 fully saturated rings. The third-order valence-electron chi connectivity index (χ3n) is 6.15. The number of hydrogen-bond acceptors (Lipinski definition) is 4. The fraction of sp³-hybridized carbons (Fsp3) is 0.250. The van der Waals surface area contributed by atoms with Crippen molar-refractivity contribution in [2.24, 2.45) is 5.92 Å². The molecule has 0 aliphatic heterocycles. The molecule has 2 amide bonds. The minimum Gasteiger partial charge on any atom is -0.478 e. The van der Waals surface area contributed by atoms with Crippen molar-refractivity contribution in [3.8, 4) is 11.1 Å². The normalized spacial score (nSPS) is 12.9. The molecule has 3 aromatic rings. The Morgan fingerprint density at radius 3 is 2.23 bits per heavy atom. The molecule has 0 bridgehead atoms. The lowest BCUT2D eigenvalue weighted by Crippen LogP contribution is -2.31. The van der Waals surface area contributed by atoms with E-state index in [0.29, 0.717) is 0 Å². The van der Waals surface area contributed by atoms with E-state index in [1.54, 1.807) is 19.1 Å². The van der Waals surface area contributed by atoms with Gasteiger partial charge >= 0.3 is 12.1 Å². The molecule has 1 aliphatic rings. The molecule has 180 valence electrons. The molecule has 7 nitrogen and oxygen atoms in total. The van der Waals surface area contributed by atoms with E-state index in [-0.39, 0.29) is 48.6 Å². The van der Waals surface area contributed by atoms with Gasteiger partial charge in [-0.25, -0.2) is 9.59 Å². The summed E-state index contributed by atoms with van der Waals surface area (Å²) >= 11 is 0. The third kappa shape index (κ3) is 5.51. The zero-order valence-corrected chi connectivity index (χ0v) is 19.7. The highest BCUT2D eigenvalue weighted by Gasteiger charge is 2.29. The molecule has 3 aromatic carbocycles. The monoisotopic (exact) mass is 472 g/mol. The highest BCUT2D eigenvalue weighted by Crippen LogP contribution is 2.44. The Hall–Kier alpha value is -4.13. The van der Waals surface area contributed by atoms with Crippen molar-refractivity contribution < 1.29 is 24.2 Å². The van der Waals surface area contributed by atoms with Gasteiger partial charge in [-0.2, -0.15) is 0 Å². The first-order valence-electron chi connectivity index (χ1n) is 11.6. The molecule has 1 aliphatic carbocycles. The Labute approximate surface area is 204 Å². The largest absolute Gasteiger partial charge is 0.478 e. The van der Waals surface area contributed by atoms with E-state index in [4.69, 9.17) is 4.74 Å².